The van der Waals surface area contributed by atoms with Gasteiger partial charge in [-0.3, -0.25) is 4.79 Å². The molecule has 2 aliphatic rings. The first-order chi connectivity index (χ1) is 9.25. The lowest BCUT2D eigenvalue weighted by atomic mass is 9.93. The third-order valence-corrected chi connectivity index (χ3v) is 4.40. The van der Waals surface area contributed by atoms with Gasteiger partial charge in [0.1, 0.15) is 0 Å². The van der Waals surface area contributed by atoms with Crippen LogP contribution in [0.4, 0.5) is 11.4 Å². The van der Waals surface area contributed by atoms with Crippen molar-refractivity contribution < 1.29 is 4.79 Å². The highest BCUT2D eigenvalue weighted by Crippen LogP contribution is 2.35. The summed E-state index contributed by atoms with van der Waals surface area (Å²) in [4.78, 5) is 14.5. The molecule has 0 radical (unpaired) electrons. The van der Waals surface area contributed by atoms with Crippen molar-refractivity contribution in [3.8, 4) is 0 Å². The fraction of sp³-hybridized carbons (Fsp3) is 0.562. The zero-order valence-corrected chi connectivity index (χ0v) is 11.6. The third-order valence-electron chi connectivity index (χ3n) is 4.40. The molecule has 1 fully saturated rings. The van der Waals surface area contributed by atoms with E-state index in [1.54, 1.807) is 0 Å². The normalized spacial score (nSPS) is 24.6. The number of fused-ring (bicyclic) bond motifs is 1. The third kappa shape index (κ3) is 2.46. The smallest absolute Gasteiger partial charge is 0.229 e. The number of carbonyl (C=O) groups is 1. The number of benzene rings is 1. The summed E-state index contributed by atoms with van der Waals surface area (Å²) in [6, 6.07) is 8.82. The minimum absolute atomic E-state index is 0.0503. The Balaban J connectivity index is 1.95. The summed E-state index contributed by atoms with van der Waals surface area (Å²) in [5.74, 6) is 0.195. The van der Waals surface area contributed by atoms with Crippen molar-refractivity contribution in [2.24, 2.45) is 5.92 Å². The van der Waals surface area contributed by atoms with Gasteiger partial charge in [-0.2, -0.15) is 0 Å². The van der Waals surface area contributed by atoms with Crippen LogP contribution in [0.1, 0.15) is 39.0 Å². The van der Waals surface area contributed by atoms with Crippen LogP contribution in [0.2, 0.25) is 0 Å². The highest BCUT2D eigenvalue weighted by molar-refractivity contribution is 5.97. The van der Waals surface area contributed by atoms with E-state index in [1.165, 1.54) is 37.8 Å². The van der Waals surface area contributed by atoms with Crippen molar-refractivity contribution >= 4 is 17.3 Å². The molecule has 1 aliphatic heterocycles. The van der Waals surface area contributed by atoms with Crippen LogP contribution in [0.25, 0.3) is 0 Å². The molecule has 1 saturated carbocycles. The number of rotatable bonds is 1. The van der Waals surface area contributed by atoms with Crippen molar-refractivity contribution in [1.29, 1.82) is 0 Å². The first-order valence-electron chi connectivity index (χ1n) is 7.42. The summed E-state index contributed by atoms with van der Waals surface area (Å²) >= 11 is 0. The number of nitrogens with one attached hydrogen (secondary N) is 1. The molecule has 3 rings (SSSR count). The van der Waals surface area contributed by atoms with Crippen LogP contribution in [0.5, 0.6) is 0 Å². The molecule has 1 unspecified atom stereocenters. The molecule has 3 heteroatoms. The van der Waals surface area contributed by atoms with E-state index in [0.717, 1.165) is 12.2 Å². The maximum atomic E-state index is 12.1. The molecule has 0 aromatic heterocycles. The van der Waals surface area contributed by atoms with E-state index in [0.29, 0.717) is 6.04 Å². The fourth-order valence-corrected chi connectivity index (χ4v) is 3.30. The molecule has 19 heavy (non-hydrogen) atoms. The van der Waals surface area contributed by atoms with Gasteiger partial charge in [-0.25, -0.2) is 0 Å². The minimum atomic E-state index is 0.0503. The minimum Gasteiger partial charge on any atom is -0.366 e. The molecule has 3 nitrogen and oxygen atoms in total. The zero-order chi connectivity index (χ0) is 13.2. The van der Waals surface area contributed by atoms with Gasteiger partial charge in [0.25, 0.3) is 0 Å². The highest BCUT2D eigenvalue weighted by atomic mass is 16.1. The second kappa shape index (κ2) is 5.24. The monoisotopic (exact) mass is 258 g/mol. The quantitative estimate of drug-likeness (QED) is 0.837. The average Bonchev–Trinajstić information content (AvgIpc) is 2.58. The van der Waals surface area contributed by atoms with E-state index in [1.807, 2.05) is 19.1 Å². The van der Waals surface area contributed by atoms with Gasteiger partial charge in [-0.05, 0) is 25.0 Å². The first-order valence-corrected chi connectivity index (χ1v) is 7.42. The lowest BCUT2D eigenvalue weighted by Gasteiger charge is -2.36. The lowest BCUT2D eigenvalue weighted by molar-refractivity contribution is -0.119. The first kappa shape index (κ1) is 12.5. The molecule has 1 atom stereocenters. The standard InChI is InChI=1S/C16H22N2O/c1-12-11-18(13-7-3-2-4-8-13)15-10-6-5-9-14(15)17-16(12)19/h5-6,9-10,12-13H,2-4,7-8,11H2,1H3,(H,17,19). The zero-order valence-electron chi connectivity index (χ0n) is 11.6. The van der Waals surface area contributed by atoms with Gasteiger partial charge in [0.2, 0.25) is 5.91 Å². The van der Waals surface area contributed by atoms with Crippen molar-refractivity contribution in [2.75, 3.05) is 16.8 Å². The Morgan fingerprint density at radius 3 is 2.68 bits per heavy atom. The van der Waals surface area contributed by atoms with E-state index in [9.17, 15) is 4.79 Å². The van der Waals surface area contributed by atoms with Crippen LogP contribution in [0.3, 0.4) is 0 Å². The summed E-state index contributed by atoms with van der Waals surface area (Å²) in [5, 5.41) is 3.06. The molecule has 1 amide bonds. The van der Waals surface area contributed by atoms with Crippen LogP contribution in [0.15, 0.2) is 24.3 Å². The SMILES string of the molecule is CC1CN(C2CCCCC2)c2ccccc2NC1=O. The molecule has 1 heterocycles. The second-order valence-corrected chi connectivity index (χ2v) is 5.85. The molecule has 102 valence electrons. The predicted molar refractivity (Wildman–Crippen MR) is 78.5 cm³/mol. The summed E-state index contributed by atoms with van der Waals surface area (Å²) < 4.78 is 0. The largest absolute Gasteiger partial charge is 0.366 e. The van der Waals surface area contributed by atoms with Crippen molar-refractivity contribution in [3.05, 3.63) is 24.3 Å². The second-order valence-electron chi connectivity index (χ2n) is 5.85. The number of para-hydroxylation sites is 2. The number of carbonyl (C=O) groups excluding carboxylic acids is 1. The maximum Gasteiger partial charge on any atom is 0.229 e. The molecule has 0 bridgehead atoms. The fourth-order valence-electron chi connectivity index (χ4n) is 3.30. The Kier molecular flexibility index (Phi) is 3.45. The molecular formula is C16H22N2O. The molecule has 0 spiro atoms. The van der Waals surface area contributed by atoms with Crippen LogP contribution < -0.4 is 10.2 Å². The van der Waals surface area contributed by atoms with Gasteiger partial charge in [-0.15, -0.1) is 0 Å². The van der Waals surface area contributed by atoms with Crippen molar-refractivity contribution in [1.82, 2.24) is 0 Å². The Morgan fingerprint density at radius 1 is 1.16 bits per heavy atom. The van der Waals surface area contributed by atoms with E-state index < -0.39 is 0 Å². The van der Waals surface area contributed by atoms with Gasteiger partial charge in [0.05, 0.1) is 17.3 Å². The van der Waals surface area contributed by atoms with Crippen molar-refractivity contribution in [3.63, 3.8) is 0 Å². The predicted octanol–water partition coefficient (Wildman–Crippen LogP) is 3.41. The summed E-state index contributed by atoms with van der Waals surface area (Å²) in [6.07, 6.45) is 6.52. The van der Waals surface area contributed by atoms with Crippen LogP contribution >= 0.6 is 0 Å². The molecule has 1 aliphatic carbocycles. The highest BCUT2D eigenvalue weighted by Gasteiger charge is 2.29. The van der Waals surface area contributed by atoms with Gasteiger partial charge >= 0.3 is 0 Å². The van der Waals surface area contributed by atoms with Gasteiger partial charge in [0.15, 0.2) is 0 Å². The van der Waals surface area contributed by atoms with E-state index in [-0.39, 0.29) is 11.8 Å². The topological polar surface area (TPSA) is 32.3 Å². The summed E-state index contributed by atoms with van der Waals surface area (Å²) in [6.45, 7) is 2.87. The Labute approximate surface area is 115 Å². The van der Waals surface area contributed by atoms with E-state index in [2.05, 4.69) is 22.3 Å². The molecule has 1 aromatic rings. The van der Waals surface area contributed by atoms with Crippen LogP contribution in [-0.4, -0.2) is 18.5 Å². The average molecular weight is 258 g/mol. The van der Waals surface area contributed by atoms with Crippen LogP contribution in [0, 0.1) is 5.92 Å². The number of amides is 1. The van der Waals surface area contributed by atoms with Gasteiger partial charge in [0, 0.05) is 12.6 Å². The number of hydrogen-bond acceptors (Lipinski definition) is 2. The summed E-state index contributed by atoms with van der Waals surface area (Å²) in [5.41, 5.74) is 2.18. The number of hydrogen-bond donors (Lipinski definition) is 1. The molecular weight excluding hydrogens is 236 g/mol. The number of anilines is 2. The molecule has 1 aromatic carbocycles. The van der Waals surface area contributed by atoms with Crippen molar-refractivity contribution in [2.45, 2.75) is 45.1 Å². The Morgan fingerprint density at radius 2 is 1.89 bits per heavy atom. The molecule has 1 N–H and O–H groups in total. The Bertz CT molecular complexity index is 466. The van der Waals surface area contributed by atoms with E-state index in [4.69, 9.17) is 0 Å². The summed E-state index contributed by atoms with van der Waals surface area (Å²) in [7, 11) is 0. The van der Waals surface area contributed by atoms with Gasteiger partial charge in [-0.1, -0.05) is 38.3 Å². The van der Waals surface area contributed by atoms with Gasteiger partial charge < -0.3 is 10.2 Å². The maximum absolute atomic E-state index is 12.1. The Hall–Kier alpha value is -1.51. The number of nitrogens with zero attached hydrogens (tertiary/aromatic N) is 1. The molecule has 0 saturated heterocycles. The van der Waals surface area contributed by atoms with E-state index >= 15 is 0 Å². The lowest BCUT2D eigenvalue weighted by Crippen LogP contribution is -2.40. The van der Waals surface area contributed by atoms with Crippen LogP contribution in [-0.2, 0) is 4.79 Å².